The highest BCUT2D eigenvalue weighted by molar-refractivity contribution is 5.80. The van der Waals surface area contributed by atoms with Crippen LogP contribution in [-0.2, 0) is 6.42 Å². The van der Waals surface area contributed by atoms with E-state index in [1.165, 1.54) is 5.56 Å². The van der Waals surface area contributed by atoms with E-state index in [0.29, 0.717) is 24.9 Å². The molecule has 0 unspecified atom stereocenters. The quantitative estimate of drug-likeness (QED) is 0.405. The van der Waals surface area contributed by atoms with Crippen molar-refractivity contribution in [3.8, 4) is 6.01 Å². The van der Waals surface area contributed by atoms with E-state index in [2.05, 4.69) is 63.3 Å². The minimum Gasteiger partial charge on any atom is -0.463 e. The first-order valence-electron chi connectivity index (χ1n) is 10.2. The van der Waals surface area contributed by atoms with E-state index >= 15 is 0 Å². The van der Waals surface area contributed by atoms with Gasteiger partial charge in [0.05, 0.1) is 12.8 Å². The standard InChI is InChI=1S/C23H28N6O/c1-4-29(5-2)22-16-21(28-25-17-19-10-8-9-18(3)15-19)26-23(27-22)30-14-12-20-11-6-7-13-24-20/h6-11,13,15-17H,4-5,12,14H2,1-3H3,(H,26,27,28)/b25-17+. The van der Waals surface area contributed by atoms with Crippen molar-refractivity contribution in [2.24, 2.45) is 5.10 Å². The summed E-state index contributed by atoms with van der Waals surface area (Å²) in [7, 11) is 0. The van der Waals surface area contributed by atoms with Gasteiger partial charge in [0.25, 0.3) is 0 Å². The predicted octanol–water partition coefficient (Wildman–Crippen LogP) is 4.09. The molecule has 0 radical (unpaired) electrons. The van der Waals surface area contributed by atoms with E-state index in [0.717, 1.165) is 30.2 Å². The lowest BCUT2D eigenvalue weighted by Crippen LogP contribution is -2.23. The summed E-state index contributed by atoms with van der Waals surface area (Å²) in [5.41, 5.74) is 6.18. The molecule has 3 rings (SSSR count). The molecule has 0 aliphatic heterocycles. The van der Waals surface area contributed by atoms with Crippen molar-refractivity contribution < 1.29 is 4.74 Å². The number of nitrogens with one attached hydrogen (secondary N) is 1. The Morgan fingerprint density at radius 3 is 2.67 bits per heavy atom. The summed E-state index contributed by atoms with van der Waals surface area (Å²) < 4.78 is 5.83. The molecule has 0 fully saturated rings. The van der Waals surface area contributed by atoms with Crippen molar-refractivity contribution in [1.29, 1.82) is 0 Å². The monoisotopic (exact) mass is 404 g/mol. The molecule has 0 aliphatic rings. The second-order valence-corrected chi connectivity index (χ2v) is 6.77. The fourth-order valence-corrected chi connectivity index (χ4v) is 2.96. The topological polar surface area (TPSA) is 75.5 Å². The van der Waals surface area contributed by atoms with Gasteiger partial charge >= 0.3 is 6.01 Å². The van der Waals surface area contributed by atoms with Crippen LogP contribution in [0.3, 0.4) is 0 Å². The molecule has 3 aromatic rings. The maximum atomic E-state index is 5.83. The maximum Gasteiger partial charge on any atom is 0.320 e. The Kier molecular flexibility index (Phi) is 7.71. The van der Waals surface area contributed by atoms with Crippen LogP contribution in [0.4, 0.5) is 11.6 Å². The third-order valence-electron chi connectivity index (χ3n) is 4.53. The SMILES string of the molecule is CCN(CC)c1cc(N/N=C/c2cccc(C)c2)nc(OCCc2ccccn2)n1. The lowest BCUT2D eigenvalue weighted by atomic mass is 10.2. The number of anilines is 2. The van der Waals surface area contributed by atoms with E-state index in [9.17, 15) is 0 Å². The number of hydrazone groups is 1. The van der Waals surface area contributed by atoms with E-state index in [-0.39, 0.29) is 0 Å². The Morgan fingerprint density at radius 1 is 1.07 bits per heavy atom. The van der Waals surface area contributed by atoms with Gasteiger partial charge in [-0.15, -0.1) is 0 Å². The summed E-state index contributed by atoms with van der Waals surface area (Å²) >= 11 is 0. The molecule has 0 spiro atoms. The molecule has 0 saturated heterocycles. The minimum atomic E-state index is 0.323. The number of rotatable bonds is 10. The number of aryl methyl sites for hydroxylation is 1. The zero-order valence-corrected chi connectivity index (χ0v) is 17.7. The van der Waals surface area contributed by atoms with Crippen LogP contribution >= 0.6 is 0 Å². The fraction of sp³-hybridized carbons (Fsp3) is 0.304. The maximum absolute atomic E-state index is 5.83. The van der Waals surface area contributed by atoms with Gasteiger partial charge in [-0.3, -0.25) is 10.4 Å². The predicted molar refractivity (Wildman–Crippen MR) is 121 cm³/mol. The van der Waals surface area contributed by atoms with Crippen LogP contribution in [0.2, 0.25) is 0 Å². The third kappa shape index (κ3) is 6.27. The average Bonchev–Trinajstić information content (AvgIpc) is 2.75. The van der Waals surface area contributed by atoms with Gasteiger partial charge in [0.15, 0.2) is 5.82 Å². The normalized spacial score (nSPS) is 10.9. The zero-order valence-electron chi connectivity index (χ0n) is 17.7. The molecular formula is C23H28N6O. The van der Waals surface area contributed by atoms with E-state index < -0.39 is 0 Å². The highest BCUT2D eigenvalue weighted by atomic mass is 16.5. The van der Waals surface area contributed by atoms with Gasteiger partial charge in [0.2, 0.25) is 0 Å². The third-order valence-corrected chi connectivity index (χ3v) is 4.53. The van der Waals surface area contributed by atoms with Gasteiger partial charge in [-0.25, -0.2) is 0 Å². The van der Waals surface area contributed by atoms with E-state index in [4.69, 9.17) is 4.74 Å². The molecule has 1 N–H and O–H groups in total. The second kappa shape index (κ2) is 10.9. The smallest absolute Gasteiger partial charge is 0.320 e. The summed E-state index contributed by atoms with van der Waals surface area (Å²) in [4.78, 5) is 15.5. The summed E-state index contributed by atoms with van der Waals surface area (Å²) in [6.45, 7) is 8.37. The molecule has 7 nitrogen and oxygen atoms in total. The van der Waals surface area contributed by atoms with Crippen molar-refractivity contribution in [1.82, 2.24) is 15.0 Å². The molecule has 1 aromatic carbocycles. The molecule has 0 atom stereocenters. The summed E-state index contributed by atoms with van der Waals surface area (Å²) in [5.74, 6) is 1.39. The second-order valence-electron chi connectivity index (χ2n) is 6.77. The Morgan fingerprint density at radius 2 is 1.93 bits per heavy atom. The van der Waals surface area contributed by atoms with Gasteiger partial charge in [0, 0.05) is 37.5 Å². The number of hydrogen-bond donors (Lipinski definition) is 1. The van der Waals surface area contributed by atoms with Crippen LogP contribution in [-0.4, -0.2) is 40.9 Å². The van der Waals surface area contributed by atoms with Crippen LogP contribution in [0, 0.1) is 6.92 Å². The fourth-order valence-electron chi connectivity index (χ4n) is 2.96. The number of benzene rings is 1. The van der Waals surface area contributed by atoms with Crippen molar-refractivity contribution in [2.75, 3.05) is 30.0 Å². The summed E-state index contributed by atoms with van der Waals surface area (Å²) in [5, 5.41) is 4.32. The summed E-state index contributed by atoms with van der Waals surface area (Å²) in [6.07, 6.45) is 4.24. The molecule has 0 aliphatic carbocycles. The lowest BCUT2D eigenvalue weighted by molar-refractivity contribution is 0.295. The van der Waals surface area contributed by atoms with Gasteiger partial charge in [-0.2, -0.15) is 15.1 Å². The van der Waals surface area contributed by atoms with Crippen LogP contribution in [0.5, 0.6) is 6.01 Å². The van der Waals surface area contributed by atoms with Crippen LogP contribution < -0.4 is 15.1 Å². The van der Waals surface area contributed by atoms with E-state index in [1.807, 2.05) is 36.4 Å². The molecule has 2 aromatic heterocycles. The minimum absolute atomic E-state index is 0.323. The molecule has 156 valence electrons. The van der Waals surface area contributed by atoms with Crippen LogP contribution in [0.15, 0.2) is 59.8 Å². The molecule has 2 heterocycles. The summed E-state index contributed by atoms with van der Waals surface area (Å²) in [6, 6.07) is 16.2. The molecular weight excluding hydrogens is 376 g/mol. The first-order valence-corrected chi connectivity index (χ1v) is 10.2. The first-order chi connectivity index (χ1) is 14.7. The lowest BCUT2D eigenvalue weighted by Gasteiger charge is -2.20. The Hall–Kier alpha value is -3.48. The van der Waals surface area contributed by atoms with Gasteiger partial charge < -0.3 is 9.64 Å². The number of nitrogens with zero attached hydrogens (tertiary/aromatic N) is 5. The van der Waals surface area contributed by atoms with Crippen molar-refractivity contribution in [3.63, 3.8) is 0 Å². The number of ether oxygens (including phenoxy) is 1. The number of hydrogen-bond acceptors (Lipinski definition) is 7. The molecule has 0 amide bonds. The Balaban J connectivity index is 1.72. The van der Waals surface area contributed by atoms with Crippen LogP contribution in [0.1, 0.15) is 30.7 Å². The molecule has 7 heteroatoms. The van der Waals surface area contributed by atoms with Gasteiger partial charge in [-0.1, -0.05) is 35.9 Å². The molecule has 0 saturated carbocycles. The van der Waals surface area contributed by atoms with Crippen molar-refractivity contribution >= 4 is 17.9 Å². The van der Waals surface area contributed by atoms with Crippen molar-refractivity contribution in [3.05, 3.63) is 71.5 Å². The Labute approximate surface area is 177 Å². The van der Waals surface area contributed by atoms with E-state index in [1.54, 1.807) is 12.4 Å². The average molecular weight is 405 g/mol. The van der Waals surface area contributed by atoms with Crippen LogP contribution in [0.25, 0.3) is 0 Å². The number of aromatic nitrogens is 3. The number of pyridine rings is 1. The molecule has 30 heavy (non-hydrogen) atoms. The highest BCUT2D eigenvalue weighted by Gasteiger charge is 2.10. The Bertz CT molecular complexity index is 957. The zero-order chi connectivity index (χ0) is 21.2. The highest BCUT2D eigenvalue weighted by Crippen LogP contribution is 2.19. The largest absolute Gasteiger partial charge is 0.463 e. The first kappa shape index (κ1) is 21.2. The van der Waals surface area contributed by atoms with Crippen molar-refractivity contribution in [2.45, 2.75) is 27.2 Å². The molecule has 0 bridgehead atoms. The van der Waals surface area contributed by atoms with Gasteiger partial charge in [0.1, 0.15) is 5.82 Å². The van der Waals surface area contributed by atoms with Gasteiger partial charge in [-0.05, 0) is 38.5 Å².